The predicted molar refractivity (Wildman–Crippen MR) is 110 cm³/mol. The van der Waals surface area contributed by atoms with Crippen molar-refractivity contribution in [2.45, 2.75) is 50.2 Å². The summed E-state index contributed by atoms with van der Waals surface area (Å²) in [5, 5.41) is 21.2. The van der Waals surface area contributed by atoms with Gasteiger partial charge in [0.25, 0.3) is 0 Å². The minimum Gasteiger partial charge on any atom is -0.508 e. The standard InChI is InChI=1S/C21H28N4O6/c22-15(11-13-5-7-14(26)8-6-13)19(28)23-12-18(27)24-9-1-3-16(24)20(29)25-10-2-4-17(25)21(30)31/h5-8,15-17,26H,1-4,9-12,22H2,(H,23,28)(H,30,31)/t15-,16-,17-/m0/s1. The largest absolute Gasteiger partial charge is 0.508 e. The van der Waals surface area contributed by atoms with Crippen molar-refractivity contribution in [3.8, 4) is 5.75 Å². The smallest absolute Gasteiger partial charge is 0.326 e. The molecule has 31 heavy (non-hydrogen) atoms. The number of hydrogen-bond acceptors (Lipinski definition) is 6. The van der Waals surface area contributed by atoms with E-state index >= 15 is 0 Å². The Kier molecular flexibility index (Phi) is 7.11. The number of nitrogens with two attached hydrogens (primary N) is 1. The zero-order valence-corrected chi connectivity index (χ0v) is 17.2. The maximum Gasteiger partial charge on any atom is 0.326 e. The van der Waals surface area contributed by atoms with Crippen LogP contribution in [0.2, 0.25) is 0 Å². The number of carbonyl (C=O) groups excluding carboxylic acids is 3. The van der Waals surface area contributed by atoms with Crippen molar-refractivity contribution in [3.05, 3.63) is 29.8 Å². The second-order valence-electron chi connectivity index (χ2n) is 7.97. The number of amides is 3. The van der Waals surface area contributed by atoms with Crippen LogP contribution >= 0.6 is 0 Å². The van der Waals surface area contributed by atoms with Gasteiger partial charge in [0.15, 0.2) is 0 Å². The van der Waals surface area contributed by atoms with Gasteiger partial charge in [-0.2, -0.15) is 0 Å². The summed E-state index contributed by atoms with van der Waals surface area (Å²) >= 11 is 0. The Hall–Kier alpha value is -3.14. The van der Waals surface area contributed by atoms with E-state index in [0.717, 1.165) is 5.56 Å². The quantitative estimate of drug-likeness (QED) is 0.451. The molecule has 2 aliphatic heterocycles. The monoisotopic (exact) mass is 432 g/mol. The van der Waals surface area contributed by atoms with Crippen molar-refractivity contribution in [2.24, 2.45) is 5.73 Å². The van der Waals surface area contributed by atoms with E-state index in [9.17, 15) is 29.4 Å². The van der Waals surface area contributed by atoms with Crippen LogP contribution in [0.1, 0.15) is 31.2 Å². The molecular weight excluding hydrogens is 404 g/mol. The van der Waals surface area contributed by atoms with Crippen LogP contribution in [0.5, 0.6) is 5.75 Å². The van der Waals surface area contributed by atoms with Gasteiger partial charge in [-0.3, -0.25) is 14.4 Å². The molecule has 2 saturated heterocycles. The summed E-state index contributed by atoms with van der Waals surface area (Å²) in [7, 11) is 0. The van der Waals surface area contributed by atoms with Gasteiger partial charge in [-0.25, -0.2) is 4.79 Å². The van der Waals surface area contributed by atoms with Crippen molar-refractivity contribution in [1.82, 2.24) is 15.1 Å². The first-order chi connectivity index (χ1) is 14.8. The molecule has 0 aliphatic carbocycles. The maximum atomic E-state index is 12.9. The van der Waals surface area contributed by atoms with Crippen molar-refractivity contribution in [2.75, 3.05) is 19.6 Å². The molecule has 2 heterocycles. The lowest BCUT2D eigenvalue weighted by molar-refractivity contribution is -0.151. The Balaban J connectivity index is 1.53. The predicted octanol–water partition coefficient (Wildman–Crippen LogP) is -0.555. The summed E-state index contributed by atoms with van der Waals surface area (Å²) in [6, 6.07) is 3.92. The van der Waals surface area contributed by atoms with E-state index < -0.39 is 35.9 Å². The van der Waals surface area contributed by atoms with Crippen molar-refractivity contribution in [1.29, 1.82) is 0 Å². The number of nitrogens with one attached hydrogen (secondary N) is 1. The van der Waals surface area contributed by atoms with Crippen LogP contribution in [-0.2, 0) is 25.6 Å². The molecule has 1 aromatic rings. The third-order valence-electron chi connectivity index (χ3n) is 5.82. The van der Waals surface area contributed by atoms with E-state index in [-0.39, 0.29) is 24.6 Å². The molecule has 3 amide bonds. The van der Waals surface area contributed by atoms with Crippen molar-refractivity contribution >= 4 is 23.7 Å². The maximum absolute atomic E-state index is 12.9. The second kappa shape index (κ2) is 9.78. The summed E-state index contributed by atoms with van der Waals surface area (Å²) in [4.78, 5) is 52.0. The molecule has 2 aliphatic rings. The van der Waals surface area contributed by atoms with Crippen LogP contribution in [0, 0.1) is 0 Å². The molecule has 0 spiro atoms. The fraction of sp³-hybridized carbons (Fsp3) is 0.524. The molecule has 3 rings (SSSR count). The molecule has 0 radical (unpaired) electrons. The number of phenolic OH excluding ortho intramolecular Hbond substituents is 1. The number of carboxylic acid groups (broad SMARTS) is 1. The normalized spacial score (nSPS) is 21.7. The highest BCUT2D eigenvalue weighted by Gasteiger charge is 2.42. The van der Waals surface area contributed by atoms with Crippen molar-refractivity contribution < 1.29 is 29.4 Å². The third-order valence-corrected chi connectivity index (χ3v) is 5.82. The van der Waals surface area contributed by atoms with Gasteiger partial charge < -0.3 is 31.1 Å². The molecule has 168 valence electrons. The number of rotatable bonds is 7. The Labute approximate surface area is 180 Å². The topological polar surface area (TPSA) is 153 Å². The van der Waals surface area contributed by atoms with E-state index in [1.807, 2.05) is 0 Å². The number of nitrogens with zero attached hydrogens (tertiary/aromatic N) is 2. The molecule has 3 atom stereocenters. The average Bonchev–Trinajstić information content (AvgIpc) is 3.42. The lowest BCUT2D eigenvalue weighted by Gasteiger charge is -2.30. The van der Waals surface area contributed by atoms with E-state index in [1.54, 1.807) is 12.1 Å². The summed E-state index contributed by atoms with van der Waals surface area (Å²) in [6.07, 6.45) is 2.40. The highest BCUT2D eigenvalue weighted by atomic mass is 16.4. The van der Waals surface area contributed by atoms with Gasteiger partial charge >= 0.3 is 5.97 Å². The first-order valence-electron chi connectivity index (χ1n) is 10.4. The lowest BCUT2D eigenvalue weighted by atomic mass is 10.1. The summed E-state index contributed by atoms with van der Waals surface area (Å²) in [6.45, 7) is 0.474. The number of aliphatic carboxylic acids is 1. The number of carboxylic acids is 1. The average molecular weight is 432 g/mol. The van der Waals surface area contributed by atoms with Crippen LogP contribution in [-0.4, -0.2) is 81.5 Å². The molecule has 0 saturated carbocycles. The molecule has 0 bridgehead atoms. The first kappa shape index (κ1) is 22.5. The lowest BCUT2D eigenvalue weighted by Crippen LogP contribution is -2.53. The number of carbonyl (C=O) groups is 4. The summed E-state index contributed by atoms with van der Waals surface area (Å²) < 4.78 is 0. The van der Waals surface area contributed by atoms with Gasteiger partial charge in [-0.15, -0.1) is 0 Å². The van der Waals surface area contributed by atoms with E-state index in [1.165, 1.54) is 21.9 Å². The molecule has 0 aromatic heterocycles. The fourth-order valence-electron chi connectivity index (χ4n) is 4.17. The van der Waals surface area contributed by atoms with Crippen LogP contribution in [0.15, 0.2) is 24.3 Å². The highest BCUT2D eigenvalue weighted by Crippen LogP contribution is 2.25. The molecule has 5 N–H and O–H groups in total. The van der Waals surface area contributed by atoms with E-state index in [0.29, 0.717) is 38.8 Å². The Bertz CT molecular complexity index is 843. The zero-order chi connectivity index (χ0) is 22.5. The SMILES string of the molecule is N[C@@H](Cc1ccc(O)cc1)C(=O)NCC(=O)N1CCC[C@H]1C(=O)N1CCC[C@H]1C(=O)O. The summed E-state index contributed by atoms with van der Waals surface area (Å²) in [5.41, 5.74) is 6.69. The van der Waals surface area contributed by atoms with Gasteiger partial charge in [-0.05, 0) is 49.8 Å². The third kappa shape index (κ3) is 5.32. The van der Waals surface area contributed by atoms with E-state index in [4.69, 9.17) is 5.73 Å². The van der Waals surface area contributed by atoms with Gasteiger partial charge in [0.05, 0.1) is 12.6 Å². The van der Waals surface area contributed by atoms with Crippen LogP contribution in [0.3, 0.4) is 0 Å². The summed E-state index contributed by atoms with van der Waals surface area (Å²) in [5.74, 6) is -2.14. The molecule has 10 nitrogen and oxygen atoms in total. The minimum absolute atomic E-state index is 0.116. The van der Waals surface area contributed by atoms with Gasteiger partial charge in [0.1, 0.15) is 17.8 Å². The number of aromatic hydroxyl groups is 1. The van der Waals surface area contributed by atoms with Gasteiger partial charge in [-0.1, -0.05) is 12.1 Å². The number of phenols is 1. The minimum atomic E-state index is -1.03. The molecular formula is C21H28N4O6. The van der Waals surface area contributed by atoms with Crippen LogP contribution in [0.4, 0.5) is 0 Å². The zero-order valence-electron chi connectivity index (χ0n) is 17.2. The first-order valence-corrected chi connectivity index (χ1v) is 10.4. The number of likely N-dealkylation sites (tertiary alicyclic amines) is 2. The molecule has 10 heteroatoms. The second-order valence-corrected chi connectivity index (χ2v) is 7.97. The van der Waals surface area contributed by atoms with Crippen molar-refractivity contribution in [3.63, 3.8) is 0 Å². The van der Waals surface area contributed by atoms with Crippen LogP contribution in [0.25, 0.3) is 0 Å². The van der Waals surface area contributed by atoms with Gasteiger partial charge in [0.2, 0.25) is 17.7 Å². The van der Waals surface area contributed by atoms with Gasteiger partial charge in [0, 0.05) is 13.1 Å². The molecule has 1 aromatic carbocycles. The Morgan fingerprint density at radius 3 is 2.29 bits per heavy atom. The Morgan fingerprint density at radius 1 is 1.03 bits per heavy atom. The fourth-order valence-corrected chi connectivity index (χ4v) is 4.17. The Morgan fingerprint density at radius 2 is 1.65 bits per heavy atom. The molecule has 2 fully saturated rings. The molecule has 0 unspecified atom stereocenters. The number of benzene rings is 1. The van der Waals surface area contributed by atoms with Crippen LogP contribution < -0.4 is 11.1 Å². The number of hydrogen-bond donors (Lipinski definition) is 4. The highest BCUT2D eigenvalue weighted by molar-refractivity contribution is 5.93. The van der Waals surface area contributed by atoms with E-state index in [2.05, 4.69) is 5.32 Å².